The van der Waals surface area contributed by atoms with Crippen LogP contribution >= 0.6 is 0 Å². The van der Waals surface area contributed by atoms with Crippen LogP contribution in [-0.4, -0.2) is 60.8 Å². The fourth-order valence-corrected chi connectivity index (χ4v) is 6.01. The minimum atomic E-state index is -3.45. The molecule has 4 aromatic rings. The number of morpholine rings is 1. The van der Waals surface area contributed by atoms with E-state index < -0.39 is 15.9 Å². The smallest absolute Gasteiger partial charge is 0.251 e. The van der Waals surface area contributed by atoms with Crippen LogP contribution in [0.15, 0.2) is 65.7 Å². The third-order valence-electron chi connectivity index (χ3n) is 6.98. The number of sulfone groups is 1. The predicted molar refractivity (Wildman–Crippen MR) is 155 cm³/mol. The van der Waals surface area contributed by atoms with Crippen molar-refractivity contribution >= 4 is 32.5 Å². The van der Waals surface area contributed by atoms with Gasteiger partial charge in [-0.3, -0.25) is 9.78 Å². The van der Waals surface area contributed by atoms with Crippen LogP contribution in [0.25, 0.3) is 22.3 Å². The molecule has 208 valence electrons. The zero-order chi connectivity index (χ0) is 28.6. The molecular weight excluding hydrogens is 526 g/mol. The molecule has 9 nitrogen and oxygen atoms in total. The number of benzene rings is 1. The predicted octanol–water partition coefficient (Wildman–Crippen LogP) is 4.51. The quantitative estimate of drug-likeness (QED) is 0.367. The number of pyridine rings is 3. The number of aryl methyl sites for hydroxylation is 1. The van der Waals surface area contributed by atoms with Crippen LogP contribution in [-0.2, 0) is 14.6 Å². The zero-order valence-electron chi connectivity index (χ0n) is 23.2. The summed E-state index contributed by atoms with van der Waals surface area (Å²) < 4.78 is 30.0. The Hall–Kier alpha value is -3.89. The van der Waals surface area contributed by atoms with Crippen molar-refractivity contribution in [2.45, 2.75) is 50.8 Å². The molecule has 0 spiro atoms. The maximum atomic E-state index is 13.0. The average molecular weight is 560 g/mol. The Morgan fingerprint density at radius 2 is 1.75 bits per heavy atom. The lowest BCUT2D eigenvalue weighted by Gasteiger charge is -2.36. The highest BCUT2D eigenvalue weighted by Crippen LogP contribution is 2.25. The molecule has 0 unspecified atom stereocenters. The van der Waals surface area contributed by atoms with Crippen molar-refractivity contribution in [3.8, 4) is 11.4 Å². The molecule has 10 heteroatoms. The van der Waals surface area contributed by atoms with Gasteiger partial charge in [-0.2, -0.15) is 0 Å². The second kappa shape index (κ2) is 10.9. The molecule has 1 amide bonds. The summed E-state index contributed by atoms with van der Waals surface area (Å²) in [6, 6.07) is 15.9. The van der Waals surface area contributed by atoms with E-state index in [1.54, 1.807) is 25.3 Å². The first-order chi connectivity index (χ1) is 19.0. The van der Waals surface area contributed by atoms with E-state index in [0.29, 0.717) is 11.3 Å². The number of rotatable bonds is 6. The van der Waals surface area contributed by atoms with Gasteiger partial charge in [-0.25, -0.2) is 18.4 Å². The molecule has 3 aromatic heterocycles. The molecule has 0 aliphatic carbocycles. The van der Waals surface area contributed by atoms with E-state index in [0.717, 1.165) is 47.5 Å². The van der Waals surface area contributed by atoms with Crippen molar-refractivity contribution in [2.24, 2.45) is 0 Å². The van der Waals surface area contributed by atoms with Gasteiger partial charge in [0.2, 0.25) is 0 Å². The Balaban J connectivity index is 1.38. The fraction of sp³-hybridized carbons (Fsp3) is 0.333. The number of carbonyl (C=O) groups is 1. The summed E-state index contributed by atoms with van der Waals surface area (Å²) >= 11 is 0. The van der Waals surface area contributed by atoms with Gasteiger partial charge < -0.3 is 15.0 Å². The molecule has 1 N–H and O–H groups in total. The normalized spacial score (nSPS) is 18.5. The summed E-state index contributed by atoms with van der Waals surface area (Å²) in [6.07, 6.45) is 3.14. The van der Waals surface area contributed by atoms with Crippen LogP contribution in [0, 0.1) is 6.92 Å². The van der Waals surface area contributed by atoms with Crippen molar-refractivity contribution in [1.82, 2.24) is 20.3 Å². The van der Waals surface area contributed by atoms with Crippen LogP contribution in [0.1, 0.15) is 48.4 Å². The number of nitrogens with zero attached hydrogens (tertiary/aromatic N) is 4. The number of anilines is 1. The maximum Gasteiger partial charge on any atom is 0.251 e. The average Bonchev–Trinajstić information content (AvgIpc) is 2.91. The van der Waals surface area contributed by atoms with Crippen molar-refractivity contribution in [1.29, 1.82) is 0 Å². The molecular formula is C30H33N5O4S. The monoisotopic (exact) mass is 559 g/mol. The lowest BCUT2D eigenvalue weighted by molar-refractivity contribution is -0.00545. The van der Waals surface area contributed by atoms with Crippen LogP contribution in [0.5, 0.6) is 0 Å². The fourth-order valence-electron chi connectivity index (χ4n) is 5.01. The first kappa shape index (κ1) is 27.7. The number of fused-ring (bicyclic) bond motifs is 1. The molecule has 1 aromatic carbocycles. The number of ether oxygens (including phenoxy) is 1. The van der Waals surface area contributed by atoms with E-state index in [9.17, 15) is 13.2 Å². The number of nitrogens with one attached hydrogen (secondary N) is 1. The molecule has 5 rings (SSSR count). The maximum absolute atomic E-state index is 13.0. The molecule has 0 radical (unpaired) electrons. The third-order valence-corrected chi connectivity index (χ3v) is 8.21. The highest BCUT2D eigenvalue weighted by atomic mass is 32.2. The standard InChI is InChI=1S/C30H33N5O4S/c1-18-9-10-22(13-28(18)40(5,37)38)30(36)32-21(4)26-14-27-23(15-31-26)11-12-25(33-27)24-7-6-8-29(34-24)35-16-19(2)39-20(3)17-35/h6-15,19-21H,16-17H2,1-5H3,(H,32,36)/t19-,20+,21-/m0/s1. The Morgan fingerprint density at radius 3 is 2.48 bits per heavy atom. The Labute approximate surface area is 234 Å². The molecule has 3 atom stereocenters. The molecule has 0 bridgehead atoms. The van der Waals surface area contributed by atoms with Crippen LogP contribution in [0.4, 0.5) is 5.82 Å². The van der Waals surface area contributed by atoms with E-state index in [4.69, 9.17) is 14.7 Å². The summed E-state index contributed by atoms with van der Waals surface area (Å²) in [7, 11) is -3.45. The Morgan fingerprint density at radius 1 is 1.02 bits per heavy atom. The highest BCUT2D eigenvalue weighted by molar-refractivity contribution is 7.90. The van der Waals surface area contributed by atoms with Gasteiger partial charge in [-0.05, 0) is 75.7 Å². The summed E-state index contributed by atoms with van der Waals surface area (Å²) in [5, 5.41) is 3.79. The lowest BCUT2D eigenvalue weighted by atomic mass is 10.1. The first-order valence-electron chi connectivity index (χ1n) is 13.2. The Kier molecular flexibility index (Phi) is 7.57. The first-order valence-corrected chi connectivity index (χ1v) is 15.1. The second-order valence-electron chi connectivity index (χ2n) is 10.5. The SMILES string of the molecule is Cc1ccc(C(=O)N[C@@H](C)c2cc3nc(-c4cccc(N5C[C@@H](C)O[C@@H](C)C5)n4)ccc3cn2)cc1S(C)(=O)=O. The number of aromatic nitrogens is 3. The lowest BCUT2D eigenvalue weighted by Crippen LogP contribution is -2.45. The van der Waals surface area contributed by atoms with E-state index in [-0.39, 0.29) is 28.6 Å². The van der Waals surface area contributed by atoms with E-state index >= 15 is 0 Å². The van der Waals surface area contributed by atoms with Gasteiger partial charge in [0.15, 0.2) is 9.84 Å². The van der Waals surface area contributed by atoms with Gasteiger partial charge in [-0.1, -0.05) is 12.1 Å². The largest absolute Gasteiger partial charge is 0.372 e. The summed E-state index contributed by atoms with van der Waals surface area (Å²) in [4.78, 5) is 29.6. The molecule has 40 heavy (non-hydrogen) atoms. The van der Waals surface area contributed by atoms with Crippen LogP contribution < -0.4 is 10.2 Å². The molecule has 4 heterocycles. The van der Waals surface area contributed by atoms with Gasteiger partial charge in [0, 0.05) is 36.5 Å². The molecule has 1 fully saturated rings. The van der Waals surface area contributed by atoms with Gasteiger partial charge >= 0.3 is 0 Å². The van der Waals surface area contributed by atoms with E-state index in [1.807, 2.05) is 43.3 Å². The molecule has 1 aliphatic heterocycles. The topological polar surface area (TPSA) is 114 Å². The van der Waals surface area contributed by atoms with Gasteiger partial charge in [-0.15, -0.1) is 0 Å². The highest BCUT2D eigenvalue weighted by Gasteiger charge is 2.23. The summed E-state index contributed by atoms with van der Waals surface area (Å²) in [5.74, 6) is 0.511. The van der Waals surface area contributed by atoms with Gasteiger partial charge in [0.1, 0.15) is 5.82 Å². The Bertz CT molecular complexity index is 1680. The molecule has 1 saturated heterocycles. The van der Waals surface area contributed by atoms with Crippen molar-refractivity contribution in [3.63, 3.8) is 0 Å². The molecule has 1 aliphatic rings. The van der Waals surface area contributed by atoms with Crippen molar-refractivity contribution in [2.75, 3.05) is 24.2 Å². The summed E-state index contributed by atoms with van der Waals surface area (Å²) in [6.45, 7) is 9.23. The third kappa shape index (κ3) is 5.97. The number of amides is 1. The zero-order valence-corrected chi connectivity index (χ0v) is 24.1. The van der Waals surface area contributed by atoms with Gasteiger partial charge in [0.25, 0.3) is 5.91 Å². The van der Waals surface area contributed by atoms with Gasteiger partial charge in [0.05, 0.1) is 45.7 Å². The number of hydrogen-bond acceptors (Lipinski definition) is 8. The summed E-state index contributed by atoms with van der Waals surface area (Å²) in [5.41, 5.74) is 3.75. The minimum Gasteiger partial charge on any atom is -0.372 e. The van der Waals surface area contributed by atoms with Crippen LogP contribution in [0.2, 0.25) is 0 Å². The number of hydrogen-bond donors (Lipinski definition) is 1. The van der Waals surface area contributed by atoms with Crippen LogP contribution in [0.3, 0.4) is 0 Å². The number of carbonyl (C=O) groups excluding carboxylic acids is 1. The second-order valence-corrected chi connectivity index (χ2v) is 12.5. The van der Waals surface area contributed by atoms with Crippen molar-refractivity contribution < 1.29 is 17.9 Å². The molecule has 0 saturated carbocycles. The van der Waals surface area contributed by atoms with Crippen molar-refractivity contribution in [3.05, 3.63) is 77.6 Å². The van der Waals surface area contributed by atoms with E-state index in [1.165, 1.54) is 6.07 Å². The minimum absolute atomic E-state index is 0.133. The van der Waals surface area contributed by atoms with E-state index in [2.05, 4.69) is 29.0 Å².